The van der Waals surface area contributed by atoms with E-state index in [9.17, 15) is 9.90 Å². The molecule has 3 N–H and O–H groups in total. The molecule has 1 rings (SSSR count). The molecule has 0 aliphatic carbocycles. The molecule has 16 heavy (non-hydrogen) atoms. The van der Waals surface area contributed by atoms with Crippen molar-refractivity contribution in [3.63, 3.8) is 0 Å². The molecule has 3 nitrogen and oxygen atoms in total. The van der Waals surface area contributed by atoms with Crippen LogP contribution in [0.5, 0.6) is 0 Å². The molecule has 0 saturated carbocycles. The quantitative estimate of drug-likeness (QED) is 0.786. The Labute approximate surface area is 100 Å². The van der Waals surface area contributed by atoms with E-state index >= 15 is 0 Å². The van der Waals surface area contributed by atoms with Gasteiger partial charge < -0.3 is 10.8 Å². The summed E-state index contributed by atoms with van der Waals surface area (Å²) in [6.45, 7) is 5.24. The third kappa shape index (κ3) is 3.00. The lowest BCUT2D eigenvalue weighted by Gasteiger charge is -2.26. The first-order valence-electron chi connectivity index (χ1n) is 5.09. The van der Waals surface area contributed by atoms with Gasteiger partial charge in [-0.25, -0.2) is 0 Å². The van der Waals surface area contributed by atoms with E-state index in [0.29, 0.717) is 0 Å². The van der Waals surface area contributed by atoms with Crippen molar-refractivity contribution < 1.29 is 9.90 Å². The Morgan fingerprint density at radius 3 is 2.38 bits per heavy atom. The van der Waals surface area contributed by atoms with Crippen molar-refractivity contribution >= 4 is 17.7 Å². The average Bonchev–Trinajstić information content (AvgIpc) is 2.21. The van der Waals surface area contributed by atoms with Crippen LogP contribution < -0.4 is 5.73 Å². The number of nitrogens with two attached hydrogens (primary N) is 1. The van der Waals surface area contributed by atoms with E-state index in [1.807, 2.05) is 31.2 Å². The lowest BCUT2D eigenvalue weighted by Crippen LogP contribution is -2.48. The van der Waals surface area contributed by atoms with Crippen LogP contribution in [0.4, 0.5) is 0 Å². The fourth-order valence-electron chi connectivity index (χ4n) is 1.14. The molecule has 0 aliphatic heterocycles. The third-order valence-electron chi connectivity index (χ3n) is 2.62. The zero-order valence-corrected chi connectivity index (χ0v) is 10.5. The Hall–Kier alpha value is -1.00. The Balaban J connectivity index is 2.75. The first kappa shape index (κ1) is 13.1. The SMILES string of the molecule is Cc1ccc(S[C@H](C)[C@@](C)(O)C(N)=O)cc1. The Bertz CT molecular complexity index is 373. The zero-order valence-electron chi connectivity index (χ0n) is 9.73. The summed E-state index contributed by atoms with van der Waals surface area (Å²) >= 11 is 1.44. The van der Waals surface area contributed by atoms with E-state index in [0.717, 1.165) is 4.90 Å². The number of carbonyl (C=O) groups is 1. The molecule has 4 heteroatoms. The summed E-state index contributed by atoms with van der Waals surface area (Å²) in [6.07, 6.45) is 0. The van der Waals surface area contributed by atoms with Gasteiger partial charge in [-0.05, 0) is 32.9 Å². The summed E-state index contributed by atoms with van der Waals surface area (Å²) in [6, 6.07) is 7.92. The number of hydrogen-bond acceptors (Lipinski definition) is 3. The molecule has 0 unspecified atom stereocenters. The highest BCUT2D eigenvalue weighted by atomic mass is 32.2. The molecular formula is C12H17NO2S. The van der Waals surface area contributed by atoms with Crippen LogP contribution in [0.15, 0.2) is 29.2 Å². The Kier molecular flexibility index (Phi) is 3.99. The second kappa shape index (κ2) is 4.89. The lowest BCUT2D eigenvalue weighted by atomic mass is 10.0. The molecule has 1 amide bonds. The van der Waals surface area contributed by atoms with Gasteiger partial charge in [0, 0.05) is 10.1 Å². The Morgan fingerprint density at radius 1 is 1.44 bits per heavy atom. The predicted octanol–water partition coefficient (Wildman–Crippen LogP) is 1.71. The smallest absolute Gasteiger partial charge is 0.250 e. The van der Waals surface area contributed by atoms with Gasteiger partial charge >= 0.3 is 0 Å². The van der Waals surface area contributed by atoms with Gasteiger partial charge in [0.1, 0.15) is 0 Å². The van der Waals surface area contributed by atoms with Crippen molar-refractivity contribution in [2.45, 2.75) is 36.5 Å². The van der Waals surface area contributed by atoms with Crippen molar-refractivity contribution in [1.29, 1.82) is 0 Å². The number of amides is 1. The molecule has 1 aromatic carbocycles. The predicted molar refractivity (Wildman–Crippen MR) is 66.3 cm³/mol. The van der Waals surface area contributed by atoms with E-state index in [4.69, 9.17) is 5.73 Å². The lowest BCUT2D eigenvalue weighted by molar-refractivity contribution is -0.134. The highest BCUT2D eigenvalue weighted by Crippen LogP contribution is 2.30. The molecule has 0 spiro atoms. The highest BCUT2D eigenvalue weighted by Gasteiger charge is 2.35. The largest absolute Gasteiger partial charge is 0.379 e. The van der Waals surface area contributed by atoms with Crippen molar-refractivity contribution in [3.8, 4) is 0 Å². The molecule has 0 bridgehead atoms. The number of thioether (sulfide) groups is 1. The second-order valence-electron chi connectivity index (χ2n) is 4.08. The van der Waals surface area contributed by atoms with Gasteiger partial charge in [-0.2, -0.15) is 0 Å². The van der Waals surface area contributed by atoms with Crippen molar-refractivity contribution in [2.24, 2.45) is 5.73 Å². The molecule has 0 aromatic heterocycles. The number of aryl methyl sites for hydroxylation is 1. The third-order valence-corrected chi connectivity index (χ3v) is 3.98. The van der Waals surface area contributed by atoms with Gasteiger partial charge in [-0.15, -0.1) is 11.8 Å². The van der Waals surface area contributed by atoms with E-state index in [2.05, 4.69) is 0 Å². The molecule has 0 radical (unpaired) electrons. The van der Waals surface area contributed by atoms with E-state index in [1.165, 1.54) is 24.2 Å². The summed E-state index contributed by atoms with van der Waals surface area (Å²) < 4.78 is 0. The van der Waals surface area contributed by atoms with Gasteiger partial charge in [-0.3, -0.25) is 4.79 Å². The second-order valence-corrected chi connectivity index (χ2v) is 5.50. The first-order chi connectivity index (χ1) is 7.34. The maximum atomic E-state index is 11.1. The molecule has 2 atom stereocenters. The Morgan fingerprint density at radius 2 is 1.94 bits per heavy atom. The molecule has 88 valence electrons. The molecule has 0 saturated heterocycles. The van der Waals surface area contributed by atoms with E-state index in [-0.39, 0.29) is 5.25 Å². The fourth-order valence-corrected chi connectivity index (χ4v) is 2.18. The molecular weight excluding hydrogens is 222 g/mol. The van der Waals surface area contributed by atoms with Gasteiger partial charge in [-0.1, -0.05) is 17.7 Å². The first-order valence-corrected chi connectivity index (χ1v) is 5.97. The fraction of sp³-hybridized carbons (Fsp3) is 0.417. The topological polar surface area (TPSA) is 63.3 Å². The van der Waals surface area contributed by atoms with Crippen LogP contribution in [0, 0.1) is 6.92 Å². The summed E-state index contributed by atoms with van der Waals surface area (Å²) in [5.41, 5.74) is 4.84. The number of rotatable bonds is 4. The molecule has 0 fully saturated rings. The number of hydrogen-bond donors (Lipinski definition) is 2. The van der Waals surface area contributed by atoms with Gasteiger partial charge in [0.25, 0.3) is 0 Å². The zero-order chi connectivity index (χ0) is 12.3. The van der Waals surface area contributed by atoms with Crippen molar-refractivity contribution in [1.82, 2.24) is 0 Å². The summed E-state index contributed by atoms with van der Waals surface area (Å²) in [5, 5.41) is 9.60. The number of carbonyl (C=O) groups excluding carboxylic acids is 1. The minimum Gasteiger partial charge on any atom is -0.379 e. The minimum absolute atomic E-state index is 0.285. The van der Waals surface area contributed by atoms with Crippen LogP contribution in [0.25, 0.3) is 0 Å². The monoisotopic (exact) mass is 239 g/mol. The molecule has 0 heterocycles. The van der Waals surface area contributed by atoms with Crippen LogP contribution in [0.3, 0.4) is 0 Å². The maximum Gasteiger partial charge on any atom is 0.250 e. The van der Waals surface area contributed by atoms with E-state index < -0.39 is 11.5 Å². The maximum absolute atomic E-state index is 11.1. The standard InChI is InChI=1S/C12H17NO2S/c1-8-4-6-10(7-5-8)16-9(2)12(3,15)11(13)14/h4-7,9,15H,1-3H3,(H2,13,14)/t9-,12-/m1/s1. The summed E-state index contributed by atoms with van der Waals surface area (Å²) in [5.74, 6) is -0.695. The van der Waals surface area contributed by atoms with Crippen LogP contribution in [0.1, 0.15) is 19.4 Å². The van der Waals surface area contributed by atoms with Crippen LogP contribution >= 0.6 is 11.8 Å². The minimum atomic E-state index is -1.49. The average molecular weight is 239 g/mol. The molecule has 1 aromatic rings. The molecule has 0 aliphatic rings. The van der Waals surface area contributed by atoms with E-state index in [1.54, 1.807) is 6.92 Å². The number of aliphatic hydroxyl groups is 1. The van der Waals surface area contributed by atoms with Gasteiger partial charge in [0.05, 0.1) is 0 Å². The van der Waals surface area contributed by atoms with Gasteiger partial charge in [0.15, 0.2) is 5.60 Å². The number of benzene rings is 1. The highest BCUT2D eigenvalue weighted by molar-refractivity contribution is 8.00. The summed E-state index contributed by atoms with van der Waals surface area (Å²) in [7, 11) is 0. The van der Waals surface area contributed by atoms with Crippen LogP contribution in [-0.2, 0) is 4.79 Å². The van der Waals surface area contributed by atoms with Crippen molar-refractivity contribution in [3.05, 3.63) is 29.8 Å². The van der Waals surface area contributed by atoms with Gasteiger partial charge in [0.2, 0.25) is 5.91 Å². The normalized spacial score (nSPS) is 16.5. The number of primary amides is 1. The van der Waals surface area contributed by atoms with Crippen molar-refractivity contribution in [2.75, 3.05) is 0 Å². The van der Waals surface area contributed by atoms with Crippen LogP contribution in [0.2, 0.25) is 0 Å². The van der Waals surface area contributed by atoms with Crippen LogP contribution in [-0.4, -0.2) is 21.9 Å². The summed E-state index contributed by atoms with van der Waals surface area (Å²) in [4.78, 5) is 12.1.